The van der Waals surface area contributed by atoms with Gasteiger partial charge in [0, 0.05) is 0 Å². The Morgan fingerprint density at radius 3 is 2.24 bits per heavy atom. The number of aliphatic hydroxyl groups excluding tert-OH is 4. The van der Waals surface area contributed by atoms with E-state index in [2.05, 4.69) is 6.92 Å². The highest BCUT2D eigenvalue weighted by Gasteiger charge is 2.49. The number of hydrogen-bond acceptors (Lipinski definition) is 4. The number of aliphatic hydroxyl groups is 4. The standard InChI is InChI=1S/C11H24NO4.BrH/c1-3-4-5-12(2)6-9(14)11(16)10(15)8(12)7-13;/h8-11,13-16H,3-7H2,1-2H3;1H/q+1;/p-1/t8-,9+,10+,11-,12?;/m1./s1. The van der Waals surface area contributed by atoms with E-state index in [1.54, 1.807) is 0 Å². The van der Waals surface area contributed by atoms with Crippen LogP contribution in [0.3, 0.4) is 0 Å². The van der Waals surface area contributed by atoms with Crippen molar-refractivity contribution >= 4 is 0 Å². The summed E-state index contributed by atoms with van der Waals surface area (Å²) in [7, 11) is 1.91. The lowest BCUT2D eigenvalue weighted by Gasteiger charge is -2.49. The number of likely N-dealkylation sites (N-methyl/N-ethyl adjacent to an activating group) is 1. The Morgan fingerprint density at radius 1 is 1.18 bits per heavy atom. The van der Waals surface area contributed by atoms with Crippen molar-refractivity contribution in [3.05, 3.63) is 0 Å². The van der Waals surface area contributed by atoms with Crippen molar-refractivity contribution in [3.63, 3.8) is 0 Å². The summed E-state index contributed by atoms with van der Waals surface area (Å²) in [6.45, 7) is 3.07. The number of quaternary nitrogens is 1. The summed E-state index contributed by atoms with van der Waals surface area (Å²) in [5, 5.41) is 38.5. The van der Waals surface area contributed by atoms with Gasteiger partial charge in [-0.15, -0.1) is 0 Å². The van der Waals surface area contributed by atoms with Gasteiger partial charge < -0.3 is 41.9 Å². The largest absolute Gasteiger partial charge is 1.00 e. The summed E-state index contributed by atoms with van der Waals surface area (Å²) in [6.07, 6.45) is -1.12. The van der Waals surface area contributed by atoms with E-state index < -0.39 is 24.4 Å². The highest BCUT2D eigenvalue weighted by molar-refractivity contribution is 4.87. The highest BCUT2D eigenvalue weighted by atomic mass is 79.9. The minimum Gasteiger partial charge on any atom is -1.00 e. The molecule has 17 heavy (non-hydrogen) atoms. The Kier molecular flexibility index (Phi) is 7.13. The fraction of sp³-hybridized carbons (Fsp3) is 1.00. The Labute approximate surface area is 113 Å². The van der Waals surface area contributed by atoms with E-state index >= 15 is 0 Å². The van der Waals surface area contributed by atoms with E-state index in [1.807, 2.05) is 7.05 Å². The van der Waals surface area contributed by atoms with Crippen LogP contribution in [0.5, 0.6) is 0 Å². The van der Waals surface area contributed by atoms with Gasteiger partial charge in [-0.2, -0.15) is 0 Å². The molecule has 0 spiro atoms. The van der Waals surface area contributed by atoms with Crippen molar-refractivity contribution < 1.29 is 41.9 Å². The van der Waals surface area contributed by atoms with Crippen LogP contribution in [0.1, 0.15) is 19.8 Å². The van der Waals surface area contributed by atoms with Crippen molar-refractivity contribution in [3.8, 4) is 0 Å². The summed E-state index contributed by atoms with van der Waals surface area (Å²) in [5.74, 6) is 0. The third kappa shape index (κ3) is 3.62. The molecule has 0 aromatic rings. The first-order chi connectivity index (χ1) is 7.46. The lowest BCUT2D eigenvalue weighted by molar-refractivity contribution is -0.946. The molecule has 6 heteroatoms. The molecular formula is C11H24BrNO4. The van der Waals surface area contributed by atoms with Crippen molar-refractivity contribution in [1.29, 1.82) is 0 Å². The van der Waals surface area contributed by atoms with Gasteiger partial charge in [0.25, 0.3) is 0 Å². The zero-order chi connectivity index (χ0) is 12.3. The average Bonchev–Trinajstić information content (AvgIpc) is 2.24. The first kappa shape index (κ1) is 17.3. The van der Waals surface area contributed by atoms with Crippen molar-refractivity contribution in [2.75, 3.05) is 26.7 Å². The van der Waals surface area contributed by atoms with Crippen LogP contribution in [0, 0.1) is 0 Å². The molecule has 5 atom stereocenters. The fourth-order valence-corrected chi connectivity index (χ4v) is 2.58. The van der Waals surface area contributed by atoms with Gasteiger partial charge in [0.2, 0.25) is 0 Å². The number of unbranched alkanes of at least 4 members (excludes halogenated alkanes) is 1. The molecule has 1 aliphatic rings. The molecule has 0 saturated carbocycles. The number of piperidine rings is 1. The molecule has 1 unspecified atom stereocenters. The predicted molar refractivity (Wildman–Crippen MR) is 59.7 cm³/mol. The Bertz CT molecular complexity index is 232. The highest BCUT2D eigenvalue weighted by Crippen LogP contribution is 2.25. The topological polar surface area (TPSA) is 80.9 Å². The minimum atomic E-state index is -1.15. The van der Waals surface area contributed by atoms with Gasteiger partial charge in [0.15, 0.2) is 0 Å². The van der Waals surface area contributed by atoms with Crippen LogP contribution in [0.25, 0.3) is 0 Å². The molecule has 0 radical (unpaired) electrons. The maximum Gasteiger partial charge on any atom is 0.141 e. The van der Waals surface area contributed by atoms with Crippen LogP contribution in [-0.2, 0) is 0 Å². The molecular weight excluding hydrogens is 290 g/mol. The van der Waals surface area contributed by atoms with Crippen LogP contribution < -0.4 is 17.0 Å². The molecule has 104 valence electrons. The monoisotopic (exact) mass is 313 g/mol. The lowest BCUT2D eigenvalue weighted by atomic mass is 9.91. The zero-order valence-electron chi connectivity index (χ0n) is 10.5. The van der Waals surface area contributed by atoms with Gasteiger partial charge in [-0.3, -0.25) is 0 Å². The summed E-state index contributed by atoms with van der Waals surface area (Å²) in [5.41, 5.74) is 0. The van der Waals surface area contributed by atoms with E-state index in [0.29, 0.717) is 11.0 Å². The Hall–Kier alpha value is 0.280. The quantitative estimate of drug-likeness (QED) is 0.396. The molecule has 1 fully saturated rings. The molecule has 0 aromatic heterocycles. The van der Waals surface area contributed by atoms with Crippen molar-refractivity contribution in [1.82, 2.24) is 0 Å². The molecule has 0 bridgehead atoms. The van der Waals surface area contributed by atoms with Gasteiger partial charge >= 0.3 is 0 Å². The van der Waals surface area contributed by atoms with Crippen LogP contribution in [0.2, 0.25) is 0 Å². The summed E-state index contributed by atoms with van der Waals surface area (Å²) in [6, 6.07) is -0.412. The number of hydrogen-bond donors (Lipinski definition) is 4. The van der Waals surface area contributed by atoms with E-state index in [-0.39, 0.29) is 23.6 Å². The van der Waals surface area contributed by atoms with Crippen LogP contribution in [-0.4, -0.2) is 76.0 Å². The Morgan fingerprint density at radius 2 is 1.76 bits per heavy atom. The molecule has 0 aromatic carbocycles. The molecule has 1 heterocycles. The molecule has 0 amide bonds. The maximum absolute atomic E-state index is 9.86. The van der Waals surface area contributed by atoms with E-state index in [9.17, 15) is 20.4 Å². The number of nitrogens with zero attached hydrogens (tertiary/aromatic N) is 1. The Balaban J connectivity index is 0.00000256. The number of rotatable bonds is 4. The van der Waals surface area contributed by atoms with E-state index in [4.69, 9.17) is 0 Å². The number of likely N-dealkylation sites (tertiary alicyclic amines) is 1. The first-order valence-electron chi connectivity index (χ1n) is 5.95. The minimum absolute atomic E-state index is 0. The summed E-state index contributed by atoms with van der Waals surface area (Å²) >= 11 is 0. The smallest absolute Gasteiger partial charge is 0.141 e. The van der Waals surface area contributed by atoms with Gasteiger partial charge in [-0.25, -0.2) is 0 Å². The zero-order valence-corrected chi connectivity index (χ0v) is 12.0. The normalized spacial score (nSPS) is 42.0. The third-order valence-electron chi connectivity index (χ3n) is 3.75. The first-order valence-corrected chi connectivity index (χ1v) is 5.95. The second-order valence-corrected chi connectivity index (χ2v) is 5.04. The van der Waals surface area contributed by atoms with Crippen LogP contribution in [0.4, 0.5) is 0 Å². The van der Waals surface area contributed by atoms with Crippen LogP contribution >= 0.6 is 0 Å². The second-order valence-electron chi connectivity index (χ2n) is 5.04. The second kappa shape index (κ2) is 7.01. The number of halogens is 1. The molecule has 1 aliphatic heterocycles. The summed E-state index contributed by atoms with van der Waals surface area (Å²) in [4.78, 5) is 0. The van der Waals surface area contributed by atoms with Gasteiger partial charge in [-0.1, -0.05) is 13.3 Å². The molecule has 1 rings (SSSR count). The lowest BCUT2D eigenvalue weighted by Crippen LogP contribution is -3.00. The molecule has 4 N–H and O–H groups in total. The fourth-order valence-electron chi connectivity index (χ4n) is 2.58. The molecule has 0 aliphatic carbocycles. The third-order valence-corrected chi connectivity index (χ3v) is 3.75. The van der Waals surface area contributed by atoms with E-state index in [1.165, 1.54) is 0 Å². The predicted octanol–water partition coefficient (Wildman–Crippen LogP) is -4.31. The van der Waals surface area contributed by atoms with Gasteiger partial charge in [0.05, 0.1) is 20.2 Å². The van der Waals surface area contributed by atoms with Gasteiger partial charge in [0.1, 0.15) is 30.9 Å². The van der Waals surface area contributed by atoms with Crippen molar-refractivity contribution in [2.24, 2.45) is 0 Å². The van der Waals surface area contributed by atoms with E-state index in [0.717, 1.165) is 19.4 Å². The maximum atomic E-state index is 9.86. The van der Waals surface area contributed by atoms with Gasteiger partial charge in [-0.05, 0) is 6.42 Å². The SMILES string of the molecule is CCCC[N+]1(C)C[C@H](O)[C@@H](O)[C@@H](O)[C@H]1CO.[Br-]. The molecule has 5 nitrogen and oxygen atoms in total. The van der Waals surface area contributed by atoms with Crippen molar-refractivity contribution in [2.45, 2.75) is 44.1 Å². The molecule has 1 saturated heterocycles. The average molecular weight is 314 g/mol. The van der Waals surface area contributed by atoms with Crippen LogP contribution in [0.15, 0.2) is 0 Å². The summed E-state index contributed by atoms with van der Waals surface area (Å²) < 4.78 is 0.420.